The minimum absolute atomic E-state index is 0.343. The fourth-order valence-electron chi connectivity index (χ4n) is 2.01. The van der Waals surface area contributed by atoms with Gasteiger partial charge in [0.15, 0.2) is 6.29 Å². The largest absolute Gasteiger partial charge is 0.486 e. The van der Waals surface area contributed by atoms with E-state index in [0.29, 0.717) is 19.8 Å². The average molecular weight is 275 g/mol. The fraction of sp³-hybridized carbons (Fsp3) is 0.438. The molecule has 0 spiro atoms. The predicted molar refractivity (Wildman–Crippen MR) is 79.0 cm³/mol. The first kappa shape index (κ1) is 14.8. The summed E-state index contributed by atoms with van der Waals surface area (Å²) < 4.78 is 16.8. The fourth-order valence-corrected chi connectivity index (χ4v) is 2.01. The van der Waals surface area contributed by atoms with E-state index in [0.717, 1.165) is 22.3 Å². The van der Waals surface area contributed by atoms with Crippen LogP contribution in [0, 0.1) is 6.92 Å². The lowest BCUT2D eigenvalue weighted by atomic mass is 10.2. The van der Waals surface area contributed by atoms with Crippen molar-refractivity contribution >= 4 is 10.9 Å². The van der Waals surface area contributed by atoms with Crippen LogP contribution in [-0.2, 0) is 9.47 Å². The third-order valence-electron chi connectivity index (χ3n) is 2.90. The van der Waals surface area contributed by atoms with Gasteiger partial charge in [-0.1, -0.05) is 18.2 Å². The van der Waals surface area contributed by atoms with Gasteiger partial charge in [-0.15, -0.1) is 0 Å². The molecule has 0 bridgehead atoms. The highest BCUT2D eigenvalue weighted by atomic mass is 16.7. The Morgan fingerprint density at radius 3 is 2.50 bits per heavy atom. The number of rotatable bonds is 7. The molecule has 2 rings (SSSR count). The van der Waals surface area contributed by atoms with Crippen molar-refractivity contribution in [2.45, 2.75) is 27.1 Å². The molecule has 0 aliphatic carbocycles. The van der Waals surface area contributed by atoms with Crippen molar-refractivity contribution in [3.05, 3.63) is 36.0 Å². The number of nitrogens with zero attached hydrogens (tertiary/aromatic N) is 1. The van der Waals surface area contributed by atoms with Gasteiger partial charge in [-0.2, -0.15) is 0 Å². The number of fused-ring (bicyclic) bond motifs is 1. The molecular weight excluding hydrogens is 254 g/mol. The summed E-state index contributed by atoms with van der Waals surface area (Å²) >= 11 is 0. The van der Waals surface area contributed by atoms with Crippen molar-refractivity contribution in [2.24, 2.45) is 0 Å². The number of hydrogen-bond acceptors (Lipinski definition) is 4. The average Bonchev–Trinajstić information content (AvgIpc) is 2.45. The first-order chi connectivity index (χ1) is 9.74. The molecule has 0 fully saturated rings. The molecule has 0 aliphatic heterocycles. The summed E-state index contributed by atoms with van der Waals surface area (Å²) in [5.41, 5.74) is 1.85. The number of aryl methyl sites for hydroxylation is 1. The van der Waals surface area contributed by atoms with Crippen LogP contribution in [0.15, 0.2) is 30.3 Å². The molecular formula is C16H21NO3. The minimum Gasteiger partial charge on any atom is -0.486 e. The van der Waals surface area contributed by atoms with E-state index in [2.05, 4.69) is 4.98 Å². The van der Waals surface area contributed by atoms with Gasteiger partial charge in [0.05, 0.1) is 0 Å². The van der Waals surface area contributed by atoms with Crippen molar-refractivity contribution in [3.8, 4) is 5.75 Å². The number of benzene rings is 1. The van der Waals surface area contributed by atoms with Crippen LogP contribution in [-0.4, -0.2) is 31.1 Å². The van der Waals surface area contributed by atoms with E-state index in [-0.39, 0.29) is 6.29 Å². The highest BCUT2D eigenvalue weighted by molar-refractivity contribution is 5.84. The standard InChI is InChI=1S/C16H21NO3/c1-4-18-15(19-5-2)11-20-14-8-6-7-13-10-9-12(3)17-16(13)14/h6-10,15H,4-5,11H2,1-3H3. The summed E-state index contributed by atoms with van der Waals surface area (Å²) in [6.45, 7) is 7.40. The zero-order valence-corrected chi connectivity index (χ0v) is 12.3. The van der Waals surface area contributed by atoms with Crippen molar-refractivity contribution < 1.29 is 14.2 Å². The van der Waals surface area contributed by atoms with Gasteiger partial charge in [0.2, 0.25) is 0 Å². The molecule has 0 N–H and O–H groups in total. The van der Waals surface area contributed by atoms with Crippen LogP contribution in [0.3, 0.4) is 0 Å². The van der Waals surface area contributed by atoms with Crippen LogP contribution >= 0.6 is 0 Å². The van der Waals surface area contributed by atoms with Crippen LogP contribution < -0.4 is 4.74 Å². The molecule has 108 valence electrons. The van der Waals surface area contributed by atoms with Gasteiger partial charge in [-0.25, -0.2) is 4.98 Å². The minimum atomic E-state index is -0.343. The first-order valence-electron chi connectivity index (χ1n) is 6.97. The highest BCUT2D eigenvalue weighted by Gasteiger charge is 2.11. The quantitative estimate of drug-likeness (QED) is 0.727. The SMILES string of the molecule is CCOC(COc1cccc2ccc(C)nc12)OCC. The van der Waals surface area contributed by atoms with Gasteiger partial charge >= 0.3 is 0 Å². The highest BCUT2D eigenvalue weighted by Crippen LogP contribution is 2.24. The van der Waals surface area contributed by atoms with E-state index < -0.39 is 0 Å². The molecule has 0 amide bonds. The summed E-state index contributed by atoms with van der Waals surface area (Å²) in [6.07, 6.45) is -0.343. The molecule has 1 aromatic carbocycles. The van der Waals surface area contributed by atoms with E-state index in [1.807, 2.05) is 51.1 Å². The van der Waals surface area contributed by atoms with Crippen LogP contribution in [0.1, 0.15) is 19.5 Å². The second-order valence-corrected chi connectivity index (χ2v) is 4.43. The zero-order chi connectivity index (χ0) is 14.4. The maximum absolute atomic E-state index is 5.83. The van der Waals surface area contributed by atoms with E-state index in [4.69, 9.17) is 14.2 Å². The van der Waals surface area contributed by atoms with Crippen molar-refractivity contribution in [1.29, 1.82) is 0 Å². The summed E-state index contributed by atoms with van der Waals surface area (Å²) in [6, 6.07) is 9.95. The molecule has 0 atom stereocenters. The second kappa shape index (κ2) is 7.22. The Bertz CT molecular complexity index is 550. The third-order valence-corrected chi connectivity index (χ3v) is 2.90. The molecule has 0 saturated carbocycles. The van der Waals surface area contributed by atoms with Crippen molar-refractivity contribution in [1.82, 2.24) is 4.98 Å². The third kappa shape index (κ3) is 3.68. The Balaban J connectivity index is 2.14. The summed E-state index contributed by atoms with van der Waals surface area (Å²) in [5, 5.41) is 1.07. The Labute approximate surface area is 119 Å². The summed E-state index contributed by atoms with van der Waals surface area (Å²) in [5.74, 6) is 0.760. The summed E-state index contributed by atoms with van der Waals surface area (Å²) in [7, 11) is 0. The van der Waals surface area contributed by atoms with Gasteiger partial charge in [0, 0.05) is 24.3 Å². The number of ether oxygens (including phenoxy) is 3. The monoisotopic (exact) mass is 275 g/mol. The Morgan fingerprint density at radius 1 is 1.05 bits per heavy atom. The normalized spacial score (nSPS) is 11.2. The number of pyridine rings is 1. The molecule has 2 aromatic rings. The molecule has 0 saturated heterocycles. The lowest BCUT2D eigenvalue weighted by Crippen LogP contribution is -2.25. The first-order valence-corrected chi connectivity index (χ1v) is 6.97. The molecule has 1 aromatic heterocycles. The predicted octanol–water partition coefficient (Wildman–Crippen LogP) is 3.32. The van der Waals surface area contributed by atoms with E-state index in [1.54, 1.807) is 0 Å². The molecule has 0 radical (unpaired) electrons. The Morgan fingerprint density at radius 2 is 1.80 bits per heavy atom. The maximum Gasteiger partial charge on any atom is 0.191 e. The van der Waals surface area contributed by atoms with Gasteiger partial charge in [-0.05, 0) is 32.9 Å². The lowest BCUT2D eigenvalue weighted by molar-refractivity contribution is -0.152. The number of para-hydroxylation sites is 1. The van der Waals surface area contributed by atoms with Crippen LogP contribution in [0.5, 0.6) is 5.75 Å². The molecule has 1 heterocycles. The van der Waals surface area contributed by atoms with Crippen molar-refractivity contribution in [2.75, 3.05) is 19.8 Å². The van der Waals surface area contributed by atoms with Crippen molar-refractivity contribution in [3.63, 3.8) is 0 Å². The van der Waals surface area contributed by atoms with Crippen LogP contribution in [0.4, 0.5) is 0 Å². The van der Waals surface area contributed by atoms with Gasteiger partial charge in [0.1, 0.15) is 17.9 Å². The molecule has 4 heteroatoms. The second-order valence-electron chi connectivity index (χ2n) is 4.43. The number of hydrogen-bond donors (Lipinski definition) is 0. The van der Waals surface area contributed by atoms with E-state index in [9.17, 15) is 0 Å². The topological polar surface area (TPSA) is 40.6 Å². The van der Waals surface area contributed by atoms with Crippen LogP contribution in [0.2, 0.25) is 0 Å². The van der Waals surface area contributed by atoms with Gasteiger partial charge in [-0.3, -0.25) is 0 Å². The maximum atomic E-state index is 5.83. The Kier molecular flexibility index (Phi) is 5.32. The number of aromatic nitrogens is 1. The molecule has 4 nitrogen and oxygen atoms in total. The van der Waals surface area contributed by atoms with E-state index in [1.165, 1.54) is 0 Å². The van der Waals surface area contributed by atoms with E-state index >= 15 is 0 Å². The lowest BCUT2D eigenvalue weighted by Gasteiger charge is -2.18. The molecule has 0 unspecified atom stereocenters. The Hall–Kier alpha value is -1.65. The molecule has 0 aliphatic rings. The summed E-state index contributed by atoms with van der Waals surface area (Å²) in [4.78, 5) is 4.54. The smallest absolute Gasteiger partial charge is 0.191 e. The molecule has 20 heavy (non-hydrogen) atoms. The van der Waals surface area contributed by atoms with Gasteiger partial charge in [0.25, 0.3) is 0 Å². The van der Waals surface area contributed by atoms with Gasteiger partial charge < -0.3 is 14.2 Å². The van der Waals surface area contributed by atoms with Crippen LogP contribution in [0.25, 0.3) is 10.9 Å². The zero-order valence-electron chi connectivity index (χ0n) is 12.3.